The Hall–Kier alpha value is -1.48. The molecule has 0 aliphatic heterocycles. The molecule has 21 heavy (non-hydrogen) atoms. The smallest absolute Gasteiger partial charge is 0.135 e. The Balaban J connectivity index is 1.93. The van der Waals surface area contributed by atoms with Crippen LogP contribution in [0.1, 0.15) is 31.0 Å². The molecule has 1 aliphatic rings. The van der Waals surface area contributed by atoms with Gasteiger partial charge in [0.1, 0.15) is 5.75 Å². The van der Waals surface area contributed by atoms with Crippen molar-refractivity contribution < 1.29 is 4.74 Å². The monoisotopic (exact) mass is 345 g/mol. The minimum absolute atomic E-state index is 0.198. The summed E-state index contributed by atoms with van der Waals surface area (Å²) in [6.07, 6.45) is 1.11. The lowest BCUT2D eigenvalue weighted by molar-refractivity contribution is 0.337. The molecule has 0 bridgehead atoms. The van der Waals surface area contributed by atoms with Gasteiger partial charge in [0.25, 0.3) is 0 Å². The summed E-state index contributed by atoms with van der Waals surface area (Å²) in [7, 11) is 1.69. The van der Waals surface area contributed by atoms with Gasteiger partial charge in [0.2, 0.25) is 0 Å². The number of halogens is 1. The lowest BCUT2D eigenvalue weighted by atomic mass is 9.85. The first-order valence-electron chi connectivity index (χ1n) is 7.19. The van der Waals surface area contributed by atoms with Gasteiger partial charge in [-0.3, -0.25) is 0 Å². The van der Waals surface area contributed by atoms with Crippen LogP contribution >= 0.6 is 15.9 Å². The summed E-state index contributed by atoms with van der Waals surface area (Å²) in [5, 5.41) is 3.69. The van der Waals surface area contributed by atoms with Gasteiger partial charge in [-0.1, -0.05) is 38.1 Å². The number of rotatable bonds is 3. The Kier molecular flexibility index (Phi) is 3.70. The molecule has 110 valence electrons. The highest BCUT2D eigenvalue weighted by Crippen LogP contribution is 2.47. The number of fused-ring (bicyclic) bond motifs is 1. The molecule has 2 aromatic rings. The Bertz CT molecular complexity index is 666. The number of ether oxygens (including phenoxy) is 1. The maximum absolute atomic E-state index is 5.38. The standard InChI is InChI=1S/C18H20BrNO/c1-18(2)11-12-6-4-5-7-14(12)17(18)20-13-8-9-15(19)16(10-13)21-3/h4-10,17,20H,11H2,1-3H3. The summed E-state index contributed by atoms with van der Waals surface area (Å²) in [5.41, 5.74) is 4.14. The number of hydrogen-bond acceptors (Lipinski definition) is 2. The molecule has 0 heterocycles. The van der Waals surface area contributed by atoms with Crippen LogP contribution < -0.4 is 10.1 Å². The van der Waals surface area contributed by atoms with Gasteiger partial charge < -0.3 is 10.1 Å². The van der Waals surface area contributed by atoms with Crippen LogP contribution in [0.3, 0.4) is 0 Å². The second-order valence-electron chi connectivity index (χ2n) is 6.29. The number of nitrogens with one attached hydrogen (secondary N) is 1. The zero-order chi connectivity index (χ0) is 15.0. The van der Waals surface area contributed by atoms with Crippen molar-refractivity contribution in [3.8, 4) is 5.75 Å². The molecule has 1 atom stereocenters. The quantitative estimate of drug-likeness (QED) is 0.825. The van der Waals surface area contributed by atoms with E-state index >= 15 is 0 Å². The van der Waals surface area contributed by atoms with Crippen LogP contribution in [0, 0.1) is 5.41 Å². The van der Waals surface area contributed by atoms with Gasteiger partial charge in [-0.15, -0.1) is 0 Å². The van der Waals surface area contributed by atoms with Gasteiger partial charge in [0, 0.05) is 11.8 Å². The van der Waals surface area contributed by atoms with Gasteiger partial charge in [-0.2, -0.15) is 0 Å². The first-order valence-corrected chi connectivity index (χ1v) is 7.98. The molecule has 3 rings (SSSR count). The number of benzene rings is 2. The van der Waals surface area contributed by atoms with E-state index in [1.54, 1.807) is 7.11 Å². The molecule has 0 amide bonds. The highest BCUT2D eigenvalue weighted by atomic mass is 79.9. The fraction of sp³-hybridized carbons (Fsp3) is 0.333. The Morgan fingerprint density at radius 1 is 1.19 bits per heavy atom. The minimum Gasteiger partial charge on any atom is -0.495 e. The fourth-order valence-electron chi connectivity index (χ4n) is 3.18. The summed E-state index contributed by atoms with van der Waals surface area (Å²) in [6.45, 7) is 4.64. The highest BCUT2D eigenvalue weighted by Gasteiger charge is 2.38. The van der Waals surface area contributed by atoms with Crippen LogP contribution in [0.15, 0.2) is 46.9 Å². The second kappa shape index (κ2) is 5.38. The second-order valence-corrected chi connectivity index (χ2v) is 7.15. The van der Waals surface area contributed by atoms with Gasteiger partial charge in [0.05, 0.1) is 17.6 Å². The molecule has 0 spiro atoms. The molecule has 0 saturated heterocycles. The van der Waals surface area contributed by atoms with Gasteiger partial charge in [0.15, 0.2) is 0 Å². The van der Waals surface area contributed by atoms with Crippen LogP contribution in [0.5, 0.6) is 5.75 Å². The molecule has 2 aromatic carbocycles. The topological polar surface area (TPSA) is 21.3 Å². The largest absolute Gasteiger partial charge is 0.495 e. The lowest BCUT2D eigenvalue weighted by Gasteiger charge is -2.29. The van der Waals surface area contributed by atoms with Crippen molar-refractivity contribution in [2.24, 2.45) is 5.41 Å². The van der Waals surface area contributed by atoms with E-state index in [9.17, 15) is 0 Å². The van der Waals surface area contributed by atoms with E-state index in [4.69, 9.17) is 4.74 Å². The van der Waals surface area contributed by atoms with E-state index in [1.807, 2.05) is 12.1 Å². The van der Waals surface area contributed by atoms with Crippen molar-refractivity contribution in [2.75, 3.05) is 12.4 Å². The van der Waals surface area contributed by atoms with E-state index in [2.05, 4.69) is 65.4 Å². The molecular weight excluding hydrogens is 326 g/mol. The molecule has 3 heteroatoms. The molecule has 0 aromatic heterocycles. The van der Waals surface area contributed by atoms with Gasteiger partial charge in [-0.25, -0.2) is 0 Å². The minimum atomic E-state index is 0.198. The summed E-state index contributed by atoms with van der Waals surface area (Å²) in [4.78, 5) is 0. The van der Waals surface area contributed by atoms with E-state index in [-0.39, 0.29) is 5.41 Å². The van der Waals surface area contributed by atoms with Gasteiger partial charge >= 0.3 is 0 Å². The lowest BCUT2D eigenvalue weighted by Crippen LogP contribution is -2.24. The number of methoxy groups -OCH3 is 1. The summed E-state index contributed by atoms with van der Waals surface area (Å²) < 4.78 is 6.36. The normalized spacial score (nSPS) is 19.1. The zero-order valence-electron chi connectivity index (χ0n) is 12.6. The zero-order valence-corrected chi connectivity index (χ0v) is 14.2. The molecule has 1 unspecified atom stereocenters. The van der Waals surface area contributed by atoms with Crippen LogP contribution in [-0.2, 0) is 6.42 Å². The summed E-state index contributed by atoms with van der Waals surface area (Å²) in [6, 6.07) is 15.2. The van der Waals surface area contributed by atoms with Crippen LogP contribution in [-0.4, -0.2) is 7.11 Å². The van der Waals surface area contributed by atoms with Crippen molar-refractivity contribution in [1.29, 1.82) is 0 Å². The Morgan fingerprint density at radius 2 is 1.95 bits per heavy atom. The number of anilines is 1. The Labute approximate surface area is 134 Å². The third-order valence-corrected chi connectivity index (χ3v) is 4.91. The molecular formula is C18H20BrNO. The van der Waals surface area contributed by atoms with Crippen LogP contribution in [0.25, 0.3) is 0 Å². The van der Waals surface area contributed by atoms with E-state index in [0.29, 0.717) is 6.04 Å². The predicted molar refractivity (Wildman–Crippen MR) is 91.0 cm³/mol. The Morgan fingerprint density at radius 3 is 2.71 bits per heavy atom. The highest BCUT2D eigenvalue weighted by molar-refractivity contribution is 9.10. The van der Waals surface area contributed by atoms with Crippen molar-refractivity contribution >= 4 is 21.6 Å². The average molecular weight is 346 g/mol. The fourth-order valence-corrected chi connectivity index (χ4v) is 3.59. The van der Waals surface area contributed by atoms with Crippen molar-refractivity contribution in [1.82, 2.24) is 0 Å². The average Bonchev–Trinajstić information content (AvgIpc) is 2.71. The van der Waals surface area contributed by atoms with Crippen LogP contribution in [0.2, 0.25) is 0 Å². The van der Waals surface area contributed by atoms with E-state index in [0.717, 1.165) is 22.3 Å². The summed E-state index contributed by atoms with van der Waals surface area (Å²) >= 11 is 3.50. The maximum atomic E-state index is 5.38. The van der Waals surface area contributed by atoms with Gasteiger partial charge in [-0.05, 0) is 51.0 Å². The van der Waals surface area contributed by atoms with Crippen LogP contribution in [0.4, 0.5) is 5.69 Å². The first kappa shape index (κ1) is 14.5. The predicted octanol–water partition coefficient (Wildman–Crippen LogP) is 5.19. The van der Waals surface area contributed by atoms with E-state index in [1.165, 1.54) is 11.1 Å². The molecule has 1 aliphatic carbocycles. The molecule has 1 N–H and O–H groups in total. The third kappa shape index (κ3) is 2.67. The molecule has 0 fully saturated rings. The third-order valence-electron chi connectivity index (χ3n) is 4.26. The first-order chi connectivity index (χ1) is 10.0. The number of hydrogen-bond donors (Lipinski definition) is 1. The SMILES string of the molecule is COc1cc(NC2c3ccccc3CC2(C)C)ccc1Br. The van der Waals surface area contributed by atoms with E-state index < -0.39 is 0 Å². The van der Waals surface area contributed by atoms with Crippen molar-refractivity contribution in [2.45, 2.75) is 26.3 Å². The van der Waals surface area contributed by atoms with Crippen molar-refractivity contribution in [3.63, 3.8) is 0 Å². The summed E-state index contributed by atoms with van der Waals surface area (Å²) in [5.74, 6) is 0.851. The molecule has 0 radical (unpaired) electrons. The molecule has 2 nitrogen and oxygen atoms in total. The maximum Gasteiger partial charge on any atom is 0.135 e. The molecule has 0 saturated carbocycles. The van der Waals surface area contributed by atoms with Crippen molar-refractivity contribution in [3.05, 3.63) is 58.1 Å².